The molecule has 0 aliphatic rings. The minimum absolute atomic E-state index is 0.310. The Morgan fingerprint density at radius 2 is 1.50 bits per heavy atom. The van der Waals surface area contributed by atoms with Gasteiger partial charge in [-0.25, -0.2) is 0 Å². The van der Waals surface area contributed by atoms with Crippen LogP contribution in [0.2, 0.25) is 0 Å². The number of hydrogen-bond acceptors (Lipinski definition) is 1. The summed E-state index contributed by atoms with van der Waals surface area (Å²) in [5.41, 5.74) is 6.28. The van der Waals surface area contributed by atoms with Gasteiger partial charge in [0.25, 0.3) is 0 Å². The molecule has 0 aliphatic heterocycles. The highest BCUT2D eigenvalue weighted by Gasteiger charge is 2.29. The van der Waals surface area contributed by atoms with Crippen LogP contribution in [0.15, 0.2) is 0 Å². The summed E-state index contributed by atoms with van der Waals surface area (Å²) in [6.07, 6.45) is 3.60. The van der Waals surface area contributed by atoms with Crippen LogP contribution in [-0.2, 0) is 0 Å². The molecule has 0 radical (unpaired) electrons. The molecule has 2 heteroatoms. The van der Waals surface area contributed by atoms with Crippen molar-refractivity contribution in [3.05, 3.63) is 0 Å². The summed E-state index contributed by atoms with van der Waals surface area (Å²) in [6, 6.07) is 0. The maximum absolute atomic E-state index is 5.89. The highest BCUT2D eigenvalue weighted by Crippen LogP contribution is 2.35. The van der Waals surface area contributed by atoms with Crippen LogP contribution in [0, 0.1) is 5.41 Å². The predicted molar refractivity (Wildman–Crippen MR) is 55.3 cm³/mol. The second-order valence-electron chi connectivity index (χ2n) is 2.82. The number of rotatable bonds is 4. The van der Waals surface area contributed by atoms with Crippen LogP contribution in [-0.4, -0.2) is 4.05 Å². The van der Waals surface area contributed by atoms with Crippen molar-refractivity contribution in [2.45, 2.75) is 44.1 Å². The molecule has 0 bridgehead atoms. The van der Waals surface area contributed by atoms with Crippen LogP contribution in [0.1, 0.15) is 40.0 Å². The van der Waals surface area contributed by atoms with Gasteiger partial charge in [-0.15, -0.1) is 0 Å². The van der Waals surface area contributed by atoms with E-state index in [0.717, 1.165) is 0 Å². The lowest BCUT2D eigenvalue weighted by Gasteiger charge is -2.33. The Bertz CT molecular complexity index is 79.0. The van der Waals surface area contributed by atoms with Gasteiger partial charge in [-0.2, -0.15) is 0 Å². The van der Waals surface area contributed by atoms with Crippen LogP contribution >= 0.6 is 22.6 Å². The van der Waals surface area contributed by atoms with Crippen LogP contribution in [0.5, 0.6) is 0 Å². The lowest BCUT2D eigenvalue weighted by molar-refractivity contribution is 0.252. The molecule has 1 nitrogen and oxygen atoms in total. The van der Waals surface area contributed by atoms with Gasteiger partial charge in [0.15, 0.2) is 0 Å². The molecule has 0 aliphatic carbocycles. The lowest BCUT2D eigenvalue weighted by atomic mass is 9.80. The molecule has 10 heavy (non-hydrogen) atoms. The molecule has 1 atom stereocenters. The molecule has 0 rings (SSSR count). The Labute approximate surface area is 77.9 Å². The summed E-state index contributed by atoms with van der Waals surface area (Å²) in [4.78, 5) is 0. The van der Waals surface area contributed by atoms with E-state index in [1.54, 1.807) is 0 Å². The van der Waals surface area contributed by atoms with Gasteiger partial charge in [0, 0.05) is 0 Å². The summed E-state index contributed by atoms with van der Waals surface area (Å²) < 4.78 is 0.310. The van der Waals surface area contributed by atoms with Crippen LogP contribution in [0.25, 0.3) is 0 Å². The van der Waals surface area contributed by atoms with Crippen molar-refractivity contribution >= 4 is 22.6 Å². The largest absolute Gasteiger partial charge is 0.319 e. The number of nitrogens with two attached hydrogens (primary N) is 1. The zero-order chi connectivity index (χ0) is 8.20. The normalized spacial score (nSPS) is 15.3. The number of hydrogen-bond donors (Lipinski definition) is 1. The first kappa shape index (κ1) is 10.7. The van der Waals surface area contributed by atoms with Crippen molar-refractivity contribution in [2.75, 3.05) is 0 Å². The second kappa shape index (κ2) is 4.54. The van der Waals surface area contributed by atoms with Gasteiger partial charge in [0.1, 0.15) is 0 Å². The Hall–Kier alpha value is 0.690. The van der Waals surface area contributed by atoms with E-state index in [0.29, 0.717) is 9.46 Å². The van der Waals surface area contributed by atoms with E-state index in [1.165, 1.54) is 19.3 Å². The van der Waals surface area contributed by atoms with E-state index >= 15 is 0 Å². The first-order valence-electron chi connectivity index (χ1n) is 4.02. The minimum atomic E-state index is 0.310. The number of alkyl halides is 1. The maximum atomic E-state index is 5.89. The van der Waals surface area contributed by atoms with Crippen LogP contribution in [0.4, 0.5) is 0 Å². The smallest absolute Gasteiger partial charge is 0.0625 e. The lowest BCUT2D eigenvalue weighted by Crippen LogP contribution is -2.35. The summed E-state index contributed by atoms with van der Waals surface area (Å²) in [6.45, 7) is 6.68. The van der Waals surface area contributed by atoms with Crippen LogP contribution < -0.4 is 5.73 Å². The van der Waals surface area contributed by atoms with Crippen molar-refractivity contribution in [3.8, 4) is 0 Å². The van der Waals surface area contributed by atoms with E-state index in [2.05, 4.69) is 43.4 Å². The number of halogens is 1. The molecule has 0 aromatic carbocycles. The van der Waals surface area contributed by atoms with E-state index < -0.39 is 0 Å². The molecule has 0 fully saturated rings. The molecule has 0 saturated heterocycles. The minimum Gasteiger partial charge on any atom is -0.319 e. The third-order valence-electron chi connectivity index (χ3n) is 2.70. The Kier molecular flexibility index (Phi) is 4.86. The first-order valence-corrected chi connectivity index (χ1v) is 5.27. The topological polar surface area (TPSA) is 26.0 Å². The highest BCUT2D eigenvalue weighted by atomic mass is 127. The zero-order valence-electron chi connectivity index (χ0n) is 7.15. The molecule has 0 saturated carbocycles. The predicted octanol–water partition coefficient (Wildman–Crippen LogP) is 2.92. The molecular formula is C8H18IN. The monoisotopic (exact) mass is 255 g/mol. The fourth-order valence-electron chi connectivity index (χ4n) is 1.34. The standard InChI is InChI=1S/C8H18IN/c1-4-8(5-2,6-3)7(9)10/h7H,4-6,10H2,1-3H3. The summed E-state index contributed by atoms with van der Waals surface area (Å²) in [5, 5.41) is 0. The van der Waals surface area contributed by atoms with Crippen molar-refractivity contribution < 1.29 is 0 Å². The second-order valence-corrected chi connectivity index (χ2v) is 4.17. The van der Waals surface area contributed by atoms with E-state index in [-0.39, 0.29) is 0 Å². The molecule has 0 heterocycles. The third-order valence-corrected chi connectivity index (χ3v) is 4.02. The van der Waals surface area contributed by atoms with Crippen molar-refractivity contribution in [1.29, 1.82) is 0 Å². The molecule has 0 aromatic rings. The average Bonchev–Trinajstić information content (AvgIpc) is 1.92. The molecule has 1 unspecified atom stereocenters. The SMILES string of the molecule is CCC(CC)(CC)C(N)I. The van der Waals surface area contributed by atoms with Gasteiger partial charge < -0.3 is 5.73 Å². The van der Waals surface area contributed by atoms with Gasteiger partial charge in [-0.05, 0) is 24.7 Å². The van der Waals surface area contributed by atoms with Crippen molar-refractivity contribution in [2.24, 2.45) is 11.1 Å². The summed E-state index contributed by atoms with van der Waals surface area (Å²) >= 11 is 2.34. The summed E-state index contributed by atoms with van der Waals surface area (Å²) in [5.74, 6) is 0. The fraction of sp³-hybridized carbons (Fsp3) is 1.00. The molecule has 0 aromatic heterocycles. The average molecular weight is 255 g/mol. The highest BCUT2D eigenvalue weighted by molar-refractivity contribution is 14.1. The van der Waals surface area contributed by atoms with Crippen LogP contribution in [0.3, 0.4) is 0 Å². The van der Waals surface area contributed by atoms with Gasteiger partial charge in [0.2, 0.25) is 0 Å². The Balaban J connectivity index is 4.15. The van der Waals surface area contributed by atoms with Gasteiger partial charge >= 0.3 is 0 Å². The Morgan fingerprint density at radius 1 is 1.20 bits per heavy atom. The van der Waals surface area contributed by atoms with E-state index in [4.69, 9.17) is 5.73 Å². The zero-order valence-corrected chi connectivity index (χ0v) is 9.31. The van der Waals surface area contributed by atoms with Crippen molar-refractivity contribution in [3.63, 3.8) is 0 Å². The molecule has 0 spiro atoms. The molecular weight excluding hydrogens is 237 g/mol. The van der Waals surface area contributed by atoms with E-state index in [1.807, 2.05) is 0 Å². The molecule has 2 N–H and O–H groups in total. The maximum Gasteiger partial charge on any atom is 0.0625 e. The fourth-order valence-corrected chi connectivity index (χ4v) is 2.66. The quantitative estimate of drug-likeness (QED) is 0.466. The third kappa shape index (κ3) is 2.09. The van der Waals surface area contributed by atoms with E-state index in [9.17, 15) is 0 Å². The molecule has 0 amide bonds. The van der Waals surface area contributed by atoms with Gasteiger partial charge in [0.05, 0.1) is 4.05 Å². The van der Waals surface area contributed by atoms with Gasteiger partial charge in [-0.1, -0.05) is 43.4 Å². The first-order chi connectivity index (χ1) is 4.63. The van der Waals surface area contributed by atoms with Crippen molar-refractivity contribution in [1.82, 2.24) is 0 Å². The Morgan fingerprint density at radius 3 is 1.50 bits per heavy atom. The van der Waals surface area contributed by atoms with Gasteiger partial charge in [-0.3, -0.25) is 0 Å². The molecule has 62 valence electrons. The summed E-state index contributed by atoms with van der Waals surface area (Å²) in [7, 11) is 0.